The summed E-state index contributed by atoms with van der Waals surface area (Å²) in [7, 11) is 0. The van der Waals surface area contributed by atoms with Crippen molar-refractivity contribution >= 4 is 5.82 Å². The van der Waals surface area contributed by atoms with Crippen molar-refractivity contribution < 1.29 is 0 Å². The minimum atomic E-state index is -0.0101. The first-order valence-electron chi connectivity index (χ1n) is 2.70. The molecule has 0 atom stereocenters. The minimum absolute atomic E-state index is 0.0101. The Hall–Kier alpha value is -2.14. The summed E-state index contributed by atoms with van der Waals surface area (Å²) in [4.78, 5) is 7.19. The first-order valence-corrected chi connectivity index (χ1v) is 2.70. The third-order valence-electron chi connectivity index (χ3n) is 1.02. The lowest BCUT2D eigenvalue weighted by molar-refractivity contribution is 1.14. The van der Waals surface area contributed by atoms with E-state index in [9.17, 15) is 0 Å². The summed E-state index contributed by atoms with van der Waals surface area (Å²) in [6, 6.07) is 3.47. The van der Waals surface area contributed by atoms with Crippen molar-refractivity contribution in [2.75, 3.05) is 5.73 Å². The van der Waals surface area contributed by atoms with Gasteiger partial charge in [0.15, 0.2) is 17.2 Å². The van der Waals surface area contributed by atoms with Gasteiger partial charge < -0.3 is 5.73 Å². The molecule has 0 aliphatic carbocycles. The van der Waals surface area contributed by atoms with Crippen molar-refractivity contribution in [2.24, 2.45) is 0 Å². The predicted molar refractivity (Wildman–Crippen MR) is 35.9 cm³/mol. The smallest absolute Gasteiger partial charge is 0.184 e. The fourth-order valence-corrected chi connectivity index (χ4v) is 0.535. The zero-order valence-electron chi connectivity index (χ0n) is 5.44. The van der Waals surface area contributed by atoms with Crippen LogP contribution in [0.4, 0.5) is 5.82 Å². The van der Waals surface area contributed by atoms with Gasteiger partial charge in [0.2, 0.25) is 0 Å². The molecule has 0 aliphatic rings. The second kappa shape index (κ2) is 2.63. The van der Waals surface area contributed by atoms with E-state index in [2.05, 4.69) is 9.97 Å². The lowest BCUT2D eigenvalue weighted by Gasteiger charge is -1.92. The number of hydrogen-bond donors (Lipinski definition) is 1. The lowest BCUT2D eigenvalue weighted by atomic mass is 10.4. The van der Waals surface area contributed by atoms with E-state index in [4.69, 9.17) is 16.3 Å². The molecule has 1 rings (SSSR count). The van der Waals surface area contributed by atoms with Gasteiger partial charge in [0.1, 0.15) is 12.1 Å². The molecule has 0 fully saturated rings. The van der Waals surface area contributed by atoms with Crippen LogP contribution < -0.4 is 5.73 Å². The molecule has 0 spiro atoms. The third-order valence-corrected chi connectivity index (χ3v) is 1.02. The van der Waals surface area contributed by atoms with Crippen LogP contribution in [0.2, 0.25) is 0 Å². The Bertz CT molecular complexity index is 356. The SMILES string of the molecule is N#Cc1cnc(N)c(C#N)n1. The van der Waals surface area contributed by atoms with Gasteiger partial charge in [0.05, 0.1) is 6.20 Å². The molecule has 5 heteroatoms. The van der Waals surface area contributed by atoms with E-state index in [1.807, 2.05) is 0 Å². The minimum Gasteiger partial charge on any atom is -0.381 e. The second-order valence-electron chi connectivity index (χ2n) is 1.71. The molecule has 11 heavy (non-hydrogen) atoms. The Kier molecular flexibility index (Phi) is 1.67. The summed E-state index contributed by atoms with van der Waals surface area (Å²) >= 11 is 0. The van der Waals surface area contributed by atoms with Crippen LogP contribution in [-0.2, 0) is 0 Å². The molecule has 0 radical (unpaired) electrons. The van der Waals surface area contributed by atoms with Crippen LogP contribution in [-0.4, -0.2) is 9.97 Å². The fourth-order valence-electron chi connectivity index (χ4n) is 0.535. The molecule has 52 valence electrons. The summed E-state index contributed by atoms with van der Waals surface area (Å²) in [6.07, 6.45) is 1.22. The number of aromatic nitrogens is 2. The number of nitrogens with two attached hydrogens (primary N) is 1. The molecule has 0 saturated heterocycles. The Labute approximate surface area is 62.7 Å². The monoisotopic (exact) mass is 145 g/mol. The highest BCUT2D eigenvalue weighted by molar-refractivity contribution is 5.44. The van der Waals surface area contributed by atoms with E-state index in [1.54, 1.807) is 12.1 Å². The van der Waals surface area contributed by atoms with E-state index in [-0.39, 0.29) is 17.2 Å². The maximum absolute atomic E-state index is 8.40. The van der Waals surface area contributed by atoms with Crippen molar-refractivity contribution in [3.63, 3.8) is 0 Å². The second-order valence-corrected chi connectivity index (χ2v) is 1.71. The van der Waals surface area contributed by atoms with Crippen LogP contribution in [0.1, 0.15) is 11.4 Å². The van der Waals surface area contributed by atoms with Crippen molar-refractivity contribution in [3.8, 4) is 12.1 Å². The van der Waals surface area contributed by atoms with Crippen molar-refractivity contribution in [1.82, 2.24) is 9.97 Å². The van der Waals surface area contributed by atoms with Gasteiger partial charge in [0.25, 0.3) is 0 Å². The van der Waals surface area contributed by atoms with Gasteiger partial charge in [-0.2, -0.15) is 10.5 Å². The molecule has 0 amide bonds. The zero-order chi connectivity index (χ0) is 8.27. The molecule has 1 heterocycles. The average molecular weight is 145 g/mol. The normalized spacial score (nSPS) is 8.18. The number of nitriles is 2. The van der Waals surface area contributed by atoms with E-state index in [0.29, 0.717) is 0 Å². The standard InChI is InChI=1S/C6H3N5/c7-1-4-3-10-6(9)5(2-8)11-4/h3H,(H2,9,10). The number of nitrogen functional groups attached to an aromatic ring is 1. The molecular weight excluding hydrogens is 142 g/mol. The van der Waals surface area contributed by atoms with Gasteiger partial charge in [-0.15, -0.1) is 0 Å². The van der Waals surface area contributed by atoms with Gasteiger partial charge >= 0.3 is 0 Å². The van der Waals surface area contributed by atoms with E-state index in [0.717, 1.165) is 0 Å². The summed E-state index contributed by atoms with van der Waals surface area (Å²) in [5.74, 6) is 0.0477. The molecule has 5 nitrogen and oxygen atoms in total. The van der Waals surface area contributed by atoms with Crippen molar-refractivity contribution in [2.45, 2.75) is 0 Å². The van der Waals surface area contributed by atoms with E-state index >= 15 is 0 Å². The van der Waals surface area contributed by atoms with Gasteiger partial charge in [-0.25, -0.2) is 9.97 Å². The highest BCUT2D eigenvalue weighted by Gasteiger charge is 2.01. The largest absolute Gasteiger partial charge is 0.381 e. The number of nitrogens with zero attached hydrogens (tertiary/aromatic N) is 4. The molecule has 2 N–H and O–H groups in total. The highest BCUT2D eigenvalue weighted by atomic mass is 14.9. The zero-order valence-corrected chi connectivity index (χ0v) is 5.44. The van der Waals surface area contributed by atoms with Crippen LogP contribution >= 0.6 is 0 Å². The van der Waals surface area contributed by atoms with Crippen molar-refractivity contribution in [3.05, 3.63) is 17.6 Å². The van der Waals surface area contributed by atoms with Crippen LogP contribution in [0.25, 0.3) is 0 Å². The van der Waals surface area contributed by atoms with Gasteiger partial charge in [-0.1, -0.05) is 0 Å². The Morgan fingerprint density at radius 2 is 2.09 bits per heavy atom. The highest BCUT2D eigenvalue weighted by Crippen LogP contribution is 2.02. The van der Waals surface area contributed by atoms with Crippen LogP contribution in [0.15, 0.2) is 6.20 Å². The molecule has 0 unspecified atom stereocenters. The predicted octanol–water partition coefficient (Wildman–Crippen LogP) is -0.198. The van der Waals surface area contributed by atoms with Crippen LogP contribution in [0.5, 0.6) is 0 Å². The fraction of sp³-hybridized carbons (Fsp3) is 0. The first kappa shape index (κ1) is 6.97. The molecule has 0 aliphatic heterocycles. The number of anilines is 1. The van der Waals surface area contributed by atoms with Crippen LogP contribution in [0, 0.1) is 22.7 Å². The van der Waals surface area contributed by atoms with Crippen molar-refractivity contribution in [1.29, 1.82) is 10.5 Å². The number of rotatable bonds is 0. The summed E-state index contributed by atoms with van der Waals surface area (Å²) < 4.78 is 0. The van der Waals surface area contributed by atoms with E-state index < -0.39 is 0 Å². The van der Waals surface area contributed by atoms with Gasteiger partial charge in [-0.3, -0.25) is 0 Å². The quantitative estimate of drug-likeness (QED) is 0.545. The Morgan fingerprint density at radius 1 is 1.36 bits per heavy atom. The summed E-state index contributed by atoms with van der Waals surface area (Å²) in [6.45, 7) is 0. The summed E-state index contributed by atoms with van der Waals surface area (Å²) in [5, 5.41) is 16.7. The molecule has 1 aromatic rings. The third kappa shape index (κ3) is 1.22. The van der Waals surface area contributed by atoms with E-state index in [1.165, 1.54) is 6.20 Å². The lowest BCUT2D eigenvalue weighted by Crippen LogP contribution is -1.98. The Balaban J connectivity index is 3.29. The average Bonchev–Trinajstić information content (AvgIpc) is 2.05. The van der Waals surface area contributed by atoms with Gasteiger partial charge in [-0.05, 0) is 0 Å². The number of hydrogen-bond acceptors (Lipinski definition) is 5. The topological polar surface area (TPSA) is 99.4 Å². The first-order chi connectivity index (χ1) is 5.27. The van der Waals surface area contributed by atoms with Crippen LogP contribution in [0.3, 0.4) is 0 Å². The molecule has 0 aromatic carbocycles. The maximum Gasteiger partial charge on any atom is 0.184 e. The van der Waals surface area contributed by atoms with Gasteiger partial charge in [0, 0.05) is 0 Å². The summed E-state index contributed by atoms with van der Waals surface area (Å²) in [5.41, 5.74) is 5.33. The maximum atomic E-state index is 8.40. The Morgan fingerprint density at radius 3 is 2.64 bits per heavy atom. The molecule has 0 saturated carbocycles. The molecule has 1 aromatic heterocycles. The molecular formula is C6H3N5. The molecule has 0 bridgehead atoms.